The molecule has 0 spiro atoms. The minimum atomic E-state index is -0.470. The van der Waals surface area contributed by atoms with Gasteiger partial charge in [0.05, 0.1) is 4.92 Å². The van der Waals surface area contributed by atoms with Gasteiger partial charge in [0.2, 0.25) is 5.91 Å². The summed E-state index contributed by atoms with van der Waals surface area (Å²) in [5, 5.41) is 14.5. The van der Waals surface area contributed by atoms with Crippen LogP contribution in [0.2, 0.25) is 5.02 Å². The predicted octanol–water partition coefficient (Wildman–Crippen LogP) is 0.507. The lowest BCUT2D eigenvalue weighted by atomic mass is 10.1. The molecule has 7 nitrogen and oxygen atoms in total. The number of nitro benzene ring substituents is 1. The van der Waals surface area contributed by atoms with Crippen molar-refractivity contribution in [1.82, 2.24) is 10.2 Å². The van der Waals surface area contributed by atoms with Gasteiger partial charge in [-0.3, -0.25) is 19.8 Å². The molecule has 1 aliphatic rings. The van der Waals surface area contributed by atoms with E-state index >= 15 is 0 Å². The third-order valence-corrected chi connectivity index (χ3v) is 3.53. The van der Waals surface area contributed by atoms with E-state index in [1.54, 1.807) is 6.07 Å². The number of halogens is 1. The topological polar surface area (TPSA) is 102 Å². The van der Waals surface area contributed by atoms with E-state index in [0.717, 1.165) is 0 Å². The van der Waals surface area contributed by atoms with Gasteiger partial charge in [0, 0.05) is 42.8 Å². The number of amides is 1. The quantitative estimate of drug-likeness (QED) is 0.623. The average molecular weight is 299 g/mol. The molecule has 20 heavy (non-hydrogen) atoms. The lowest BCUT2D eigenvalue weighted by Crippen LogP contribution is -2.56. The molecule has 0 saturated carbocycles. The fourth-order valence-electron chi connectivity index (χ4n) is 2.29. The van der Waals surface area contributed by atoms with Gasteiger partial charge in [0.15, 0.2) is 0 Å². The summed E-state index contributed by atoms with van der Waals surface area (Å²) in [6, 6.07) is 3.94. The van der Waals surface area contributed by atoms with E-state index in [1.807, 2.05) is 4.90 Å². The van der Waals surface area contributed by atoms with E-state index in [1.165, 1.54) is 12.1 Å². The monoisotopic (exact) mass is 298 g/mol. The summed E-state index contributed by atoms with van der Waals surface area (Å²) in [5.74, 6) is -0.443. The van der Waals surface area contributed by atoms with Gasteiger partial charge in [-0.2, -0.15) is 0 Å². The fourth-order valence-corrected chi connectivity index (χ4v) is 2.49. The van der Waals surface area contributed by atoms with Gasteiger partial charge in [-0.25, -0.2) is 0 Å². The smallest absolute Gasteiger partial charge is 0.273 e. The first-order valence-electron chi connectivity index (χ1n) is 6.16. The molecule has 0 radical (unpaired) electrons. The van der Waals surface area contributed by atoms with Crippen molar-refractivity contribution in [2.24, 2.45) is 5.73 Å². The number of piperazine rings is 1. The molecule has 0 aromatic heterocycles. The van der Waals surface area contributed by atoms with Crippen LogP contribution in [-0.2, 0) is 11.3 Å². The molecule has 1 unspecified atom stereocenters. The van der Waals surface area contributed by atoms with Crippen molar-refractivity contribution in [2.45, 2.75) is 12.6 Å². The summed E-state index contributed by atoms with van der Waals surface area (Å²) in [4.78, 5) is 23.8. The summed E-state index contributed by atoms with van der Waals surface area (Å²) in [6.45, 7) is 2.02. The third kappa shape index (κ3) is 3.24. The largest absolute Gasteiger partial charge is 0.368 e. The number of carbonyl (C=O) groups excluding carboxylic acids is 1. The summed E-state index contributed by atoms with van der Waals surface area (Å²) in [7, 11) is 0. The maximum atomic E-state index is 11.4. The zero-order valence-corrected chi connectivity index (χ0v) is 11.5. The molecule has 3 N–H and O–H groups in total. The van der Waals surface area contributed by atoms with E-state index in [0.29, 0.717) is 30.2 Å². The predicted molar refractivity (Wildman–Crippen MR) is 74.4 cm³/mol. The van der Waals surface area contributed by atoms with Crippen LogP contribution in [0.3, 0.4) is 0 Å². The first kappa shape index (κ1) is 14.7. The van der Waals surface area contributed by atoms with E-state index < -0.39 is 16.9 Å². The molecule has 0 aliphatic carbocycles. The van der Waals surface area contributed by atoms with Crippen LogP contribution in [-0.4, -0.2) is 41.4 Å². The molecule has 1 aromatic carbocycles. The highest BCUT2D eigenvalue weighted by atomic mass is 35.5. The number of nitrogens with one attached hydrogen (secondary N) is 1. The van der Waals surface area contributed by atoms with Crippen molar-refractivity contribution in [1.29, 1.82) is 0 Å². The van der Waals surface area contributed by atoms with E-state index in [4.69, 9.17) is 17.3 Å². The number of nitrogens with zero attached hydrogens (tertiary/aromatic N) is 2. The molecule has 108 valence electrons. The number of primary amides is 1. The number of nitro groups is 1. The van der Waals surface area contributed by atoms with Gasteiger partial charge in [0.1, 0.15) is 6.04 Å². The van der Waals surface area contributed by atoms with Gasteiger partial charge < -0.3 is 11.1 Å². The van der Waals surface area contributed by atoms with Crippen molar-refractivity contribution in [3.63, 3.8) is 0 Å². The molecular weight excluding hydrogens is 284 g/mol. The van der Waals surface area contributed by atoms with Crippen molar-refractivity contribution >= 4 is 23.2 Å². The molecule has 1 fully saturated rings. The second-order valence-corrected chi connectivity index (χ2v) is 5.06. The molecule has 1 atom stereocenters. The van der Waals surface area contributed by atoms with Gasteiger partial charge in [-0.05, 0) is 12.1 Å². The Balaban J connectivity index is 2.25. The number of hydrogen-bond donors (Lipinski definition) is 2. The van der Waals surface area contributed by atoms with Crippen LogP contribution in [0, 0.1) is 10.1 Å². The van der Waals surface area contributed by atoms with Crippen molar-refractivity contribution in [3.8, 4) is 0 Å². The molecular formula is C12H15ClN4O3. The minimum absolute atomic E-state index is 0.00356. The van der Waals surface area contributed by atoms with Gasteiger partial charge >= 0.3 is 0 Å². The molecule has 2 rings (SSSR count). The first-order chi connectivity index (χ1) is 9.49. The Morgan fingerprint density at radius 1 is 1.60 bits per heavy atom. The van der Waals surface area contributed by atoms with E-state index in [9.17, 15) is 14.9 Å². The Morgan fingerprint density at radius 2 is 2.35 bits per heavy atom. The third-order valence-electron chi connectivity index (χ3n) is 3.29. The lowest BCUT2D eigenvalue weighted by Gasteiger charge is -2.33. The Bertz CT molecular complexity index is 537. The molecule has 1 heterocycles. The zero-order valence-electron chi connectivity index (χ0n) is 10.7. The Kier molecular flexibility index (Phi) is 4.53. The van der Waals surface area contributed by atoms with Gasteiger partial charge in [0.25, 0.3) is 5.69 Å². The second kappa shape index (κ2) is 6.17. The number of benzene rings is 1. The number of hydrogen-bond acceptors (Lipinski definition) is 5. The molecule has 1 saturated heterocycles. The summed E-state index contributed by atoms with van der Waals surface area (Å²) < 4.78 is 0. The lowest BCUT2D eigenvalue weighted by molar-refractivity contribution is -0.385. The van der Waals surface area contributed by atoms with Crippen LogP contribution in [0.4, 0.5) is 5.69 Å². The van der Waals surface area contributed by atoms with Crippen LogP contribution in [0.25, 0.3) is 0 Å². The van der Waals surface area contributed by atoms with E-state index in [-0.39, 0.29) is 12.2 Å². The average Bonchev–Trinajstić information content (AvgIpc) is 2.38. The van der Waals surface area contributed by atoms with Crippen LogP contribution in [0.15, 0.2) is 18.2 Å². The van der Waals surface area contributed by atoms with Crippen LogP contribution in [0.1, 0.15) is 5.56 Å². The summed E-state index contributed by atoms with van der Waals surface area (Å²) in [5.41, 5.74) is 5.84. The van der Waals surface area contributed by atoms with E-state index in [2.05, 4.69) is 5.32 Å². The van der Waals surface area contributed by atoms with Crippen molar-refractivity contribution in [2.75, 3.05) is 19.6 Å². The van der Waals surface area contributed by atoms with Gasteiger partial charge in [-0.15, -0.1) is 0 Å². The summed E-state index contributed by atoms with van der Waals surface area (Å²) in [6.07, 6.45) is 0. The molecule has 1 aromatic rings. The standard InChI is InChI=1S/C12H15ClN4O3/c13-9-1-2-10(17(19)20)8(5-9)7-16-4-3-15-6-11(16)12(14)18/h1-2,5,11,15H,3-4,6-7H2,(H2,14,18). The number of carbonyl (C=O) groups is 1. The minimum Gasteiger partial charge on any atom is -0.368 e. The van der Waals surface area contributed by atoms with Crippen LogP contribution in [0.5, 0.6) is 0 Å². The summed E-state index contributed by atoms with van der Waals surface area (Å²) >= 11 is 5.89. The molecule has 0 bridgehead atoms. The maximum Gasteiger partial charge on any atom is 0.273 e. The fraction of sp³-hybridized carbons (Fsp3) is 0.417. The molecule has 1 aliphatic heterocycles. The highest BCUT2D eigenvalue weighted by Crippen LogP contribution is 2.25. The Hall–Kier alpha value is -1.70. The van der Waals surface area contributed by atoms with Crippen LogP contribution >= 0.6 is 11.6 Å². The zero-order chi connectivity index (χ0) is 14.7. The Morgan fingerprint density at radius 3 is 3.00 bits per heavy atom. The first-order valence-corrected chi connectivity index (χ1v) is 6.53. The maximum absolute atomic E-state index is 11.4. The number of rotatable bonds is 4. The normalized spacial score (nSPS) is 19.8. The molecule has 8 heteroatoms. The van der Waals surface area contributed by atoms with Crippen molar-refractivity contribution < 1.29 is 9.72 Å². The highest BCUT2D eigenvalue weighted by Gasteiger charge is 2.28. The van der Waals surface area contributed by atoms with Crippen LogP contribution < -0.4 is 11.1 Å². The van der Waals surface area contributed by atoms with Crippen molar-refractivity contribution in [3.05, 3.63) is 38.9 Å². The van der Waals surface area contributed by atoms with Gasteiger partial charge in [-0.1, -0.05) is 11.6 Å². The molecule has 1 amide bonds. The number of nitrogens with two attached hydrogens (primary N) is 1. The second-order valence-electron chi connectivity index (χ2n) is 4.62. The SMILES string of the molecule is NC(=O)C1CNCCN1Cc1cc(Cl)ccc1[N+](=O)[O-]. The highest BCUT2D eigenvalue weighted by molar-refractivity contribution is 6.30. The Labute approximate surface area is 120 Å².